The van der Waals surface area contributed by atoms with Gasteiger partial charge in [-0.2, -0.15) is 0 Å². The number of hydrogen-bond acceptors (Lipinski definition) is 2. The number of hydrogen-bond donors (Lipinski definition) is 1. The highest BCUT2D eigenvalue weighted by molar-refractivity contribution is 5.27. The maximum atomic E-state index is 10.4. The quantitative estimate of drug-likeness (QED) is 0.896. The van der Waals surface area contributed by atoms with Crippen molar-refractivity contribution in [2.75, 3.05) is 13.6 Å². The van der Waals surface area contributed by atoms with Crippen LogP contribution >= 0.6 is 0 Å². The van der Waals surface area contributed by atoms with Gasteiger partial charge < -0.3 is 10.0 Å². The van der Waals surface area contributed by atoms with Gasteiger partial charge in [0.1, 0.15) is 0 Å². The molecule has 0 heterocycles. The molecule has 1 aromatic carbocycles. The molecule has 1 atom stereocenters. The van der Waals surface area contributed by atoms with Crippen molar-refractivity contribution in [3.8, 4) is 0 Å². The molecule has 2 nitrogen and oxygen atoms in total. The molecule has 0 aliphatic heterocycles. The van der Waals surface area contributed by atoms with Crippen LogP contribution in [0.25, 0.3) is 0 Å². The molecule has 2 heteroatoms. The van der Waals surface area contributed by atoms with Gasteiger partial charge in [-0.25, -0.2) is 0 Å². The minimum atomic E-state index is -0.370. The Morgan fingerprint density at radius 1 is 1.21 bits per heavy atom. The first-order valence-corrected chi connectivity index (χ1v) is 7.51. The first kappa shape index (κ1) is 14.5. The predicted octanol–water partition coefficient (Wildman–Crippen LogP) is 3.54. The molecule has 0 radical (unpaired) electrons. The number of rotatable bonds is 4. The predicted molar refractivity (Wildman–Crippen MR) is 80.2 cm³/mol. The maximum absolute atomic E-state index is 10.4. The molecular formula is C17H27NO. The third kappa shape index (κ3) is 3.80. The Hall–Kier alpha value is -0.860. The van der Waals surface area contributed by atoms with E-state index in [0.717, 1.165) is 18.0 Å². The Kier molecular flexibility index (Phi) is 5.00. The van der Waals surface area contributed by atoms with E-state index in [9.17, 15) is 5.11 Å². The molecule has 1 unspecified atom stereocenters. The number of aliphatic hydroxyl groups is 1. The Balaban J connectivity index is 1.91. The molecule has 1 N–H and O–H groups in total. The van der Waals surface area contributed by atoms with Crippen LogP contribution in [0.5, 0.6) is 0 Å². The average molecular weight is 261 g/mol. The van der Waals surface area contributed by atoms with Crippen LogP contribution in [-0.2, 0) is 0 Å². The topological polar surface area (TPSA) is 23.5 Å². The number of nitrogens with zero attached hydrogens (tertiary/aromatic N) is 1. The van der Waals surface area contributed by atoms with Gasteiger partial charge in [-0.15, -0.1) is 0 Å². The summed E-state index contributed by atoms with van der Waals surface area (Å²) < 4.78 is 0. The fourth-order valence-corrected chi connectivity index (χ4v) is 3.16. The largest absolute Gasteiger partial charge is 0.387 e. The molecule has 106 valence electrons. The SMILES string of the molecule is Cc1ccccc1C(O)CN(C)C1CCC(C)CC1. The fourth-order valence-electron chi connectivity index (χ4n) is 3.16. The second-order valence-corrected chi connectivity index (χ2v) is 6.23. The van der Waals surface area contributed by atoms with Crippen molar-refractivity contribution < 1.29 is 5.11 Å². The summed E-state index contributed by atoms with van der Waals surface area (Å²) in [5.74, 6) is 0.881. The number of aryl methyl sites for hydroxylation is 1. The number of benzene rings is 1. The minimum Gasteiger partial charge on any atom is -0.387 e. The number of aliphatic hydroxyl groups excluding tert-OH is 1. The monoisotopic (exact) mass is 261 g/mol. The zero-order valence-corrected chi connectivity index (χ0v) is 12.5. The Labute approximate surface area is 117 Å². The molecule has 0 bridgehead atoms. The van der Waals surface area contributed by atoms with Gasteiger partial charge in [0.2, 0.25) is 0 Å². The molecule has 1 aromatic rings. The van der Waals surface area contributed by atoms with Crippen molar-refractivity contribution in [2.45, 2.75) is 51.7 Å². The third-order valence-electron chi connectivity index (χ3n) is 4.62. The summed E-state index contributed by atoms with van der Waals surface area (Å²) >= 11 is 0. The molecule has 2 rings (SSSR count). The van der Waals surface area contributed by atoms with E-state index < -0.39 is 0 Å². The van der Waals surface area contributed by atoms with Gasteiger partial charge in [0.25, 0.3) is 0 Å². The Morgan fingerprint density at radius 2 is 1.84 bits per heavy atom. The van der Waals surface area contributed by atoms with Gasteiger partial charge in [-0.1, -0.05) is 31.2 Å². The minimum absolute atomic E-state index is 0.370. The van der Waals surface area contributed by atoms with Crippen molar-refractivity contribution in [2.24, 2.45) is 5.92 Å². The lowest BCUT2D eigenvalue weighted by Gasteiger charge is -2.34. The molecule has 0 spiro atoms. The van der Waals surface area contributed by atoms with E-state index >= 15 is 0 Å². The van der Waals surface area contributed by atoms with Crippen LogP contribution in [0, 0.1) is 12.8 Å². The molecule has 0 aromatic heterocycles. The zero-order valence-electron chi connectivity index (χ0n) is 12.5. The van der Waals surface area contributed by atoms with Crippen LogP contribution in [-0.4, -0.2) is 29.6 Å². The normalized spacial score (nSPS) is 25.5. The maximum Gasteiger partial charge on any atom is 0.0919 e. The second kappa shape index (κ2) is 6.53. The highest BCUT2D eigenvalue weighted by Gasteiger charge is 2.23. The number of likely N-dealkylation sites (N-methyl/N-ethyl adjacent to an activating group) is 1. The summed E-state index contributed by atoms with van der Waals surface area (Å²) in [6, 6.07) is 8.79. The first-order valence-electron chi connectivity index (χ1n) is 7.51. The summed E-state index contributed by atoms with van der Waals surface area (Å²) in [5.41, 5.74) is 2.25. The van der Waals surface area contributed by atoms with Crippen LogP contribution < -0.4 is 0 Å². The van der Waals surface area contributed by atoms with Crippen molar-refractivity contribution in [3.63, 3.8) is 0 Å². The molecule has 0 saturated heterocycles. The van der Waals surface area contributed by atoms with E-state index in [-0.39, 0.29) is 6.10 Å². The Bertz CT molecular complexity index is 396. The lowest BCUT2D eigenvalue weighted by molar-refractivity contribution is 0.0854. The van der Waals surface area contributed by atoms with E-state index in [4.69, 9.17) is 0 Å². The lowest BCUT2D eigenvalue weighted by Crippen LogP contribution is -2.37. The average Bonchev–Trinajstić information content (AvgIpc) is 2.39. The van der Waals surface area contributed by atoms with Crippen LogP contribution in [0.3, 0.4) is 0 Å². The van der Waals surface area contributed by atoms with Crippen LogP contribution in [0.15, 0.2) is 24.3 Å². The van der Waals surface area contributed by atoms with Gasteiger partial charge in [0.15, 0.2) is 0 Å². The molecular weight excluding hydrogens is 234 g/mol. The molecule has 19 heavy (non-hydrogen) atoms. The van der Waals surface area contributed by atoms with E-state index in [2.05, 4.69) is 31.9 Å². The molecule has 1 fully saturated rings. The Morgan fingerprint density at radius 3 is 2.47 bits per heavy atom. The summed E-state index contributed by atoms with van der Waals surface area (Å²) in [6.45, 7) is 5.16. The molecule has 0 amide bonds. The second-order valence-electron chi connectivity index (χ2n) is 6.23. The third-order valence-corrected chi connectivity index (χ3v) is 4.62. The summed E-state index contributed by atoms with van der Waals surface area (Å²) in [5, 5.41) is 10.4. The first-order chi connectivity index (χ1) is 9.08. The summed E-state index contributed by atoms with van der Waals surface area (Å²) in [4.78, 5) is 2.35. The zero-order chi connectivity index (χ0) is 13.8. The highest BCUT2D eigenvalue weighted by Crippen LogP contribution is 2.28. The van der Waals surface area contributed by atoms with E-state index in [1.807, 2.05) is 18.2 Å². The standard InChI is InChI=1S/C17H27NO/c1-13-8-10-15(11-9-13)18(3)12-17(19)16-7-5-4-6-14(16)2/h4-7,13,15,17,19H,8-12H2,1-3H3. The smallest absolute Gasteiger partial charge is 0.0919 e. The summed E-state index contributed by atoms with van der Waals surface area (Å²) in [6.07, 6.45) is 4.84. The lowest BCUT2D eigenvalue weighted by atomic mass is 9.86. The van der Waals surface area contributed by atoms with Crippen molar-refractivity contribution in [3.05, 3.63) is 35.4 Å². The van der Waals surface area contributed by atoms with Crippen molar-refractivity contribution in [1.82, 2.24) is 4.90 Å². The fraction of sp³-hybridized carbons (Fsp3) is 0.647. The van der Waals surface area contributed by atoms with Gasteiger partial charge in [-0.05, 0) is 56.7 Å². The van der Waals surface area contributed by atoms with Gasteiger partial charge in [0, 0.05) is 12.6 Å². The van der Waals surface area contributed by atoms with Gasteiger partial charge >= 0.3 is 0 Å². The molecule has 1 aliphatic carbocycles. The van der Waals surface area contributed by atoms with Crippen molar-refractivity contribution >= 4 is 0 Å². The van der Waals surface area contributed by atoms with E-state index in [0.29, 0.717) is 6.04 Å². The van der Waals surface area contributed by atoms with Crippen LogP contribution in [0.4, 0.5) is 0 Å². The van der Waals surface area contributed by atoms with Gasteiger partial charge in [0.05, 0.1) is 6.10 Å². The van der Waals surface area contributed by atoms with Gasteiger partial charge in [-0.3, -0.25) is 0 Å². The van der Waals surface area contributed by atoms with Crippen LogP contribution in [0.1, 0.15) is 49.8 Å². The highest BCUT2D eigenvalue weighted by atomic mass is 16.3. The van der Waals surface area contributed by atoms with Crippen LogP contribution in [0.2, 0.25) is 0 Å². The summed E-state index contributed by atoms with van der Waals surface area (Å²) in [7, 11) is 2.15. The van der Waals surface area contributed by atoms with E-state index in [1.165, 1.54) is 31.2 Å². The molecule has 1 aliphatic rings. The van der Waals surface area contributed by atoms with Crippen molar-refractivity contribution in [1.29, 1.82) is 0 Å². The van der Waals surface area contributed by atoms with E-state index in [1.54, 1.807) is 0 Å². The molecule has 1 saturated carbocycles.